The van der Waals surface area contributed by atoms with Gasteiger partial charge in [0, 0.05) is 13.0 Å². The summed E-state index contributed by atoms with van der Waals surface area (Å²) in [5.41, 5.74) is 0.722. The molecule has 3 nitrogen and oxygen atoms in total. The molecule has 0 bridgehead atoms. The van der Waals surface area contributed by atoms with Gasteiger partial charge in [-0.2, -0.15) is 0 Å². The maximum Gasteiger partial charge on any atom is 0.170 e. The van der Waals surface area contributed by atoms with Crippen molar-refractivity contribution in [3.63, 3.8) is 0 Å². The van der Waals surface area contributed by atoms with Crippen molar-refractivity contribution >= 4 is 46.2 Å². The number of hydrogen-bond acceptors (Lipinski definition) is 1. The molecule has 18 heavy (non-hydrogen) atoms. The molecule has 100 valence electrons. The summed E-state index contributed by atoms with van der Waals surface area (Å²) >= 11 is 17.2. The number of anilines is 1. The monoisotopic (exact) mass is 306 g/mol. The maximum atomic E-state index is 6.05. The molecule has 0 fully saturated rings. The van der Waals surface area contributed by atoms with Crippen molar-refractivity contribution in [2.45, 2.75) is 6.42 Å². The van der Waals surface area contributed by atoms with Crippen LogP contribution >= 0.6 is 35.4 Å². The van der Waals surface area contributed by atoms with E-state index in [1.54, 1.807) is 6.07 Å². The molecule has 0 spiro atoms. The van der Waals surface area contributed by atoms with Gasteiger partial charge in [0.25, 0.3) is 0 Å². The van der Waals surface area contributed by atoms with E-state index < -0.39 is 0 Å². The molecule has 0 aliphatic heterocycles. The molecule has 0 unspecified atom stereocenters. The molecule has 0 amide bonds. The van der Waals surface area contributed by atoms with E-state index in [0.717, 1.165) is 25.2 Å². The van der Waals surface area contributed by atoms with Crippen molar-refractivity contribution < 1.29 is 4.90 Å². The van der Waals surface area contributed by atoms with Gasteiger partial charge in [0.1, 0.15) is 0 Å². The van der Waals surface area contributed by atoms with E-state index in [2.05, 4.69) is 24.7 Å². The zero-order chi connectivity index (χ0) is 13.5. The Morgan fingerprint density at radius 3 is 2.72 bits per heavy atom. The number of benzene rings is 1. The van der Waals surface area contributed by atoms with E-state index in [-0.39, 0.29) is 0 Å². The summed E-state index contributed by atoms with van der Waals surface area (Å²) in [6, 6.07) is 5.41. The molecule has 0 saturated heterocycles. The van der Waals surface area contributed by atoms with E-state index in [0.29, 0.717) is 15.2 Å². The van der Waals surface area contributed by atoms with Crippen LogP contribution < -0.4 is 15.5 Å². The molecule has 1 rings (SSSR count). The van der Waals surface area contributed by atoms with E-state index in [4.69, 9.17) is 35.4 Å². The Labute approximate surface area is 123 Å². The third-order valence-electron chi connectivity index (χ3n) is 2.34. The predicted octanol–water partition coefficient (Wildman–Crippen LogP) is 1.81. The third kappa shape index (κ3) is 5.40. The second kappa shape index (κ2) is 7.79. The molecule has 1 aromatic rings. The Kier molecular flexibility index (Phi) is 6.71. The first-order valence-electron chi connectivity index (χ1n) is 5.78. The largest absolute Gasteiger partial charge is 0.362 e. The molecule has 0 aromatic heterocycles. The fourth-order valence-corrected chi connectivity index (χ4v) is 1.97. The van der Waals surface area contributed by atoms with Crippen molar-refractivity contribution in [3.8, 4) is 0 Å². The highest BCUT2D eigenvalue weighted by Gasteiger charge is 2.05. The lowest BCUT2D eigenvalue weighted by atomic mass is 10.3. The fraction of sp³-hybridized carbons (Fsp3) is 0.417. The number of rotatable bonds is 5. The number of hydrogen-bond donors (Lipinski definition) is 3. The lowest BCUT2D eigenvalue weighted by Crippen LogP contribution is -3.05. The molecule has 3 N–H and O–H groups in total. The Balaban J connectivity index is 2.38. The van der Waals surface area contributed by atoms with Crippen LogP contribution in [-0.4, -0.2) is 32.3 Å². The number of nitrogens with one attached hydrogen (secondary N) is 3. The van der Waals surface area contributed by atoms with Crippen molar-refractivity contribution in [2.24, 2.45) is 0 Å². The lowest BCUT2D eigenvalue weighted by molar-refractivity contribution is -0.858. The normalized spacial score (nSPS) is 10.5. The standard InChI is InChI=1S/C12H17Cl2N3S/c1-17(2)8-4-7-15-12(18)16-10-6-3-5-9(13)11(10)14/h3,5-6H,4,7-8H2,1-2H3,(H2,15,16,18)/p+1. The quantitative estimate of drug-likeness (QED) is 0.572. The highest BCUT2D eigenvalue weighted by Crippen LogP contribution is 2.29. The van der Waals surface area contributed by atoms with Gasteiger partial charge in [0.2, 0.25) is 0 Å². The second-order valence-electron chi connectivity index (χ2n) is 4.29. The SMILES string of the molecule is C[NH+](C)CCCNC(=S)Nc1cccc(Cl)c1Cl. The molecule has 0 atom stereocenters. The van der Waals surface area contributed by atoms with Crippen molar-refractivity contribution in [3.05, 3.63) is 28.2 Å². The van der Waals surface area contributed by atoms with Gasteiger partial charge in [-0.15, -0.1) is 0 Å². The summed E-state index contributed by atoms with van der Waals surface area (Å²) in [5.74, 6) is 0. The van der Waals surface area contributed by atoms with Gasteiger partial charge in [0.05, 0.1) is 36.4 Å². The summed E-state index contributed by atoms with van der Waals surface area (Å²) in [4.78, 5) is 1.42. The molecule has 0 saturated carbocycles. The first-order chi connectivity index (χ1) is 8.50. The number of thiocarbonyl (C=S) groups is 1. The van der Waals surface area contributed by atoms with E-state index in [1.807, 2.05) is 12.1 Å². The molecular weight excluding hydrogens is 289 g/mol. The highest BCUT2D eigenvalue weighted by molar-refractivity contribution is 7.80. The number of halogens is 2. The van der Waals surface area contributed by atoms with Gasteiger partial charge in [0.15, 0.2) is 5.11 Å². The third-order valence-corrected chi connectivity index (χ3v) is 3.40. The van der Waals surface area contributed by atoms with E-state index in [1.165, 1.54) is 4.90 Å². The minimum atomic E-state index is 0.487. The van der Waals surface area contributed by atoms with Crippen LogP contribution in [-0.2, 0) is 0 Å². The average Bonchev–Trinajstić information content (AvgIpc) is 2.30. The summed E-state index contributed by atoms with van der Waals surface area (Å²) in [6.07, 6.45) is 1.06. The van der Waals surface area contributed by atoms with Gasteiger partial charge in [-0.25, -0.2) is 0 Å². The van der Waals surface area contributed by atoms with Gasteiger partial charge in [-0.1, -0.05) is 29.3 Å². The summed E-state index contributed by atoms with van der Waals surface area (Å²) in [6.45, 7) is 1.95. The molecule has 0 aliphatic carbocycles. The summed E-state index contributed by atoms with van der Waals surface area (Å²) in [7, 11) is 4.25. The second-order valence-corrected chi connectivity index (χ2v) is 5.49. The van der Waals surface area contributed by atoms with Crippen molar-refractivity contribution in [1.82, 2.24) is 5.32 Å². The van der Waals surface area contributed by atoms with Crippen LogP contribution in [0.25, 0.3) is 0 Å². The first-order valence-corrected chi connectivity index (χ1v) is 6.95. The molecule has 1 aromatic carbocycles. The van der Waals surface area contributed by atoms with Gasteiger partial charge >= 0.3 is 0 Å². The minimum Gasteiger partial charge on any atom is -0.362 e. The highest BCUT2D eigenvalue weighted by atomic mass is 35.5. The maximum absolute atomic E-state index is 6.05. The molecule has 0 heterocycles. The smallest absolute Gasteiger partial charge is 0.170 e. The van der Waals surface area contributed by atoms with Crippen molar-refractivity contribution in [2.75, 3.05) is 32.5 Å². The van der Waals surface area contributed by atoms with Gasteiger partial charge < -0.3 is 15.5 Å². The van der Waals surface area contributed by atoms with Crippen LogP contribution in [0.1, 0.15) is 6.42 Å². The predicted molar refractivity (Wildman–Crippen MR) is 83.0 cm³/mol. The number of quaternary nitrogens is 1. The molecular formula is C12H18Cl2N3S+. The summed E-state index contributed by atoms with van der Waals surface area (Å²) < 4.78 is 0. The van der Waals surface area contributed by atoms with E-state index in [9.17, 15) is 0 Å². The van der Waals surface area contributed by atoms with Crippen LogP contribution in [0.5, 0.6) is 0 Å². The lowest BCUT2D eigenvalue weighted by Gasteiger charge is -2.12. The Morgan fingerprint density at radius 2 is 2.06 bits per heavy atom. The molecule has 6 heteroatoms. The van der Waals surface area contributed by atoms with Crippen molar-refractivity contribution in [1.29, 1.82) is 0 Å². The Morgan fingerprint density at radius 1 is 1.33 bits per heavy atom. The zero-order valence-electron chi connectivity index (χ0n) is 10.5. The first kappa shape index (κ1) is 15.5. The Bertz CT molecular complexity index is 410. The topological polar surface area (TPSA) is 28.5 Å². The van der Waals surface area contributed by atoms with Crippen LogP contribution in [0.4, 0.5) is 5.69 Å². The summed E-state index contributed by atoms with van der Waals surface area (Å²) in [5, 5.41) is 7.74. The fourth-order valence-electron chi connectivity index (χ4n) is 1.41. The Hall–Kier alpha value is -0.550. The average molecular weight is 307 g/mol. The van der Waals surface area contributed by atoms with Gasteiger partial charge in [-0.3, -0.25) is 0 Å². The van der Waals surface area contributed by atoms with Crippen LogP contribution in [0.15, 0.2) is 18.2 Å². The van der Waals surface area contributed by atoms with Crippen LogP contribution in [0.2, 0.25) is 10.0 Å². The van der Waals surface area contributed by atoms with Gasteiger partial charge in [-0.05, 0) is 24.4 Å². The molecule has 0 radical (unpaired) electrons. The van der Waals surface area contributed by atoms with E-state index >= 15 is 0 Å². The zero-order valence-corrected chi connectivity index (χ0v) is 12.8. The minimum absolute atomic E-state index is 0.487. The van der Waals surface area contributed by atoms with Crippen LogP contribution in [0.3, 0.4) is 0 Å². The van der Waals surface area contributed by atoms with Crippen LogP contribution in [0, 0.1) is 0 Å². The molecule has 0 aliphatic rings.